The number of nitro groups is 2. The van der Waals surface area contributed by atoms with Crippen molar-refractivity contribution < 1.29 is 100 Å². The zero-order valence-corrected chi connectivity index (χ0v) is 66.0. The lowest BCUT2D eigenvalue weighted by atomic mass is 10.0. The molecule has 0 bridgehead atoms. The molecule has 7 rings (SSSR count). The van der Waals surface area contributed by atoms with Gasteiger partial charge in [-0.25, -0.2) is 24.2 Å². The third kappa shape index (κ3) is 39.5. The second-order valence-electron chi connectivity index (χ2n) is 25.3. The first-order chi connectivity index (χ1) is 57.0. The Morgan fingerprint density at radius 2 is 0.856 bits per heavy atom. The number of methoxy groups -OCH3 is 1. The number of anilines is 2. The summed E-state index contributed by atoms with van der Waals surface area (Å²) in [6.07, 6.45) is 1.05. The number of non-ortho nitro benzene ring substituents is 2. The van der Waals surface area contributed by atoms with Crippen molar-refractivity contribution >= 4 is 110 Å². The molecule has 0 aliphatic heterocycles. The zero-order valence-electron chi connectivity index (χ0n) is 64.4. The van der Waals surface area contributed by atoms with Gasteiger partial charge in [-0.15, -0.1) is 0 Å². The van der Waals surface area contributed by atoms with E-state index in [1.54, 1.807) is 89.8 Å². The van der Waals surface area contributed by atoms with Gasteiger partial charge in [-0.3, -0.25) is 53.8 Å². The number of carbonyl (C=O) groups excluding carboxylic acids is 11. The third-order valence-corrected chi connectivity index (χ3v) is 18.5. The standard InChI is InChI=1S/C44H52N8O12S2.C35H42N6O11/c45-43(57)48-22-6-9-36(41(55)49-33-13-11-32(12-14-33)30-63-44(58)64-35-17-15-34(16-18-35)52(59)60)51-42(56)37(29-31-7-2-1-3-8-31)50-39(54)19-24-61-26-27-62-25-23-46-38(53)20-28-65-66-40-10-4-5-21-47-40;1-49-20-21-50-19-17-31(42)39-30(22-24-6-3-2-4-7-24)33(44)40-29(8-5-18-37-34(36)45)32(43)38-26-11-9-25(10-12-26)23-51-35(46)52-28-15-13-27(14-16-28)41(47)48/h1-5,7-8,10-18,21,36-37H,6,9,19-20,22-30H2,(H,46,53)(H,49,55)(H,50,54)(H,51,56)(H3,45,48,57);2-4,6-7,9-16,29-30H,5,8,17-23H2,1H3,(H,38,43)(H,39,42)(H,40,44)(H3,36,37,45). The van der Waals surface area contributed by atoms with Crippen molar-refractivity contribution in [3.8, 4) is 11.5 Å². The van der Waals surface area contributed by atoms with E-state index in [1.165, 1.54) is 66.4 Å². The number of hydrogen-bond acceptors (Lipinski definition) is 26. The average molecular weight is 1670 g/mol. The van der Waals surface area contributed by atoms with Crippen LogP contribution in [0.25, 0.3) is 0 Å². The number of nitrogens with one attached hydrogen (secondary N) is 9. The van der Waals surface area contributed by atoms with E-state index in [4.69, 9.17) is 49.4 Å². The Bertz CT molecular complexity index is 4330. The van der Waals surface area contributed by atoms with Gasteiger partial charge in [0.25, 0.3) is 11.4 Å². The smallest absolute Gasteiger partial charge is 0.429 e. The van der Waals surface area contributed by atoms with Gasteiger partial charge in [0.15, 0.2) is 0 Å². The van der Waals surface area contributed by atoms with Crippen molar-refractivity contribution in [2.24, 2.45) is 11.5 Å². The largest absolute Gasteiger partial charge is 0.514 e. The molecule has 39 heteroatoms. The molecule has 7 aromatic rings. The minimum Gasteiger partial charge on any atom is -0.429 e. The third-order valence-electron chi connectivity index (χ3n) is 16.2. The van der Waals surface area contributed by atoms with E-state index in [1.807, 2.05) is 54.6 Å². The van der Waals surface area contributed by atoms with Crippen LogP contribution in [0.1, 0.15) is 67.2 Å². The summed E-state index contributed by atoms with van der Waals surface area (Å²) in [7, 11) is 4.61. The Morgan fingerprint density at radius 1 is 0.432 bits per heavy atom. The SMILES string of the molecule is COCCOCCC(=O)NC(Cc1ccccc1)C(=O)NC(CCCNC(N)=O)C(=O)Nc1ccc(COC(=O)Oc2ccc([N+](=O)[O-])cc2)cc1.NC(=O)NCCCC(NC(=O)C(Cc1ccccc1)NC(=O)CCOCCOCCNC(=O)CCSSc1ccccn1)C(=O)Nc1ccc(COC(=O)Oc2ccc([N+](=O)[O-])cc2)cc1. The summed E-state index contributed by atoms with van der Waals surface area (Å²) < 4.78 is 41.7. The molecule has 11 amide bonds. The maximum Gasteiger partial charge on any atom is 0.514 e. The van der Waals surface area contributed by atoms with Crippen LogP contribution < -0.4 is 68.8 Å². The Labute approximate surface area is 686 Å². The molecule has 4 atom stereocenters. The summed E-state index contributed by atoms with van der Waals surface area (Å²) in [5, 5.41) is 46.7. The second kappa shape index (κ2) is 54.1. The van der Waals surface area contributed by atoms with E-state index in [-0.39, 0.29) is 126 Å². The number of aromatic nitrogens is 1. The van der Waals surface area contributed by atoms with Crippen LogP contribution in [0.4, 0.5) is 41.9 Å². The van der Waals surface area contributed by atoms with E-state index in [2.05, 4.69) is 52.8 Å². The lowest BCUT2D eigenvalue weighted by Gasteiger charge is -2.23. The molecule has 0 fully saturated rings. The number of benzene rings is 6. The van der Waals surface area contributed by atoms with Gasteiger partial charge < -0.3 is 97.2 Å². The molecular formula is C79H94N14O23S2. The monoisotopic (exact) mass is 1670 g/mol. The summed E-state index contributed by atoms with van der Waals surface area (Å²) in [5.74, 6) is -2.52. The van der Waals surface area contributed by atoms with Crippen molar-refractivity contribution in [2.75, 3.05) is 89.4 Å². The van der Waals surface area contributed by atoms with Crippen molar-refractivity contribution in [3.05, 3.63) is 225 Å². The Kier molecular flexibility index (Phi) is 43.1. The van der Waals surface area contributed by atoms with Crippen LogP contribution in [0.2, 0.25) is 0 Å². The van der Waals surface area contributed by atoms with E-state index < -0.39 is 93.8 Å². The molecule has 0 radical (unpaired) electrons. The number of amides is 11. The molecule has 630 valence electrons. The lowest BCUT2D eigenvalue weighted by Crippen LogP contribution is -2.53. The predicted molar refractivity (Wildman–Crippen MR) is 433 cm³/mol. The first-order valence-electron chi connectivity index (χ1n) is 37.0. The van der Waals surface area contributed by atoms with E-state index >= 15 is 0 Å². The molecule has 1 aromatic heterocycles. The molecule has 0 aliphatic rings. The summed E-state index contributed by atoms with van der Waals surface area (Å²) >= 11 is 0. The molecule has 4 unspecified atom stereocenters. The number of carbonyl (C=O) groups is 11. The molecule has 0 saturated heterocycles. The van der Waals surface area contributed by atoms with E-state index in [0.717, 1.165) is 16.2 Å². The minimum absolute atomic E-state index is 0.00694. The number of hydrogen-bond donors (Lipinski definition) is 11. The fraction of sp³-hybridized carbons (Fsp3) is 0.342. The number of nitro benzene ring substituents is 2. The van der Waals surface area contributed by atoms with Crippen molar-refractivity contribution in [2.45, 2.75) is 100 Å². The zero-order chi connectivity index (χ0) is 85.1. The van der Waals surface area contributed by atoms with Crippen molar-refractivity contribution in [1.82, 2.24) is 42.2 Å². The molecule has 6 aromatic carbocycles. The fourth-order valence-electron chi connectivity index (χ4n) is 10.3. The minimum atomic E-state index is -1.10. The van der Waals surface area contributed by atoms with Gasteiger partial charge in [0.05, 0.1) is 56.1 Å². The fourth-order valence-corrected chi connectivity index (χ4v) is 12.2. The van der Waals surface area contributed by atoms with Gasteiger partial charge in [-0.05, 0) is 119 Å². The number of ether oxygens (including phenoxy) is 8. The molecule has 0 saturated carbocycles. The highest BCUT2D eigenvalue weighted by Crippen LogP contribution is 2.29. The van der Waals surface area contributed by atoms with Gasteiger partial charge in [-0.1, -0.05) is 102 Å². The van der Waals surface area contributed by atoms with E-state index in [9.17, 15) is 73.0 Å². The van der Waals surface area contributed by atoms with Crippen LogP contribution in [0.3, 0.4) is 0 Å². The van der Waals surface area contributed by atoms with Crippen LogP contribution in [-0.2, 0) is 88.0 Å². The van der Waals surface area contributed by atoms with Gasteiger partial charge in [0, 0.05) is 106 Å². The Balaban J connectivity index is 0.000000377. The van der Waals surface area contributed by atoms with Gasteiger partial charge in [0.2, 0.25) is 41.4 Å². The number of rotatable bonds is 50. The molecule has 13 N–H and O–H groups in total. The van der Waals surface area contributed by atoms with Crippen LogP contribution in [0, 0.1) is 20.2 Å². The molecule has 118 heavy (non-hydrogen) atoms. The van der Waals surface area contributed by atoms with Crippen LogP contribution >= 0.6 is 21.6 Å². The molecule has 0 spiro atoms. The summed E-state index contributed by atoms with van der Waals surface area (Å²) in [6.45, 7) is 1.90. The Hall–Kier alpha value is -12.8. The topological polar surface area (TPSA) is 521 Å². The molecule has 37 nitrogen and oxygen atoms in total. The van der Waals surface area contributed by atoms with Crippen LogP contribution in [0.15, 0.2) is 187 Å². The lowest BCUT2D eigenvalue weighted by molar-refractivity contribution is -0.385. The molecular weight excluding hydrogens is 1580 g/mol. The van der Waals surface area contributed by atoms with Gasteiger partial charge in [0.1, 0.15) is 53.9 Å². The number of nitrogens with zero attached hydrogens (tertiary/aromatic N) is 3. The number of pyridine rings is 1. The molecule has 1 heterocycles. The highest BCUT2D eigenvalue weighted by Gasteiger charge is 2.30. The predicted octanol–water partition coefficient (Wildman–Crippen LogP) is 7.64. The van der Waals surface area contributed by atoms with Crippen LogP contribution in [0.5, 0.6) is 11.5 Å². The van der Waals surface area contributed by atoms with Gasteiger partial charge >= 0.3 is 24.4 Å². The summed E-state index contributed by atoms with van der Waals surface area (Å²) in [6, 6.07) is 40.5. The van der Waals surface area contributed by atoms with Crippen molar-refractivity contribution in [3.63, 3.8) is 0 Å². The highest BCUT2D eigenvalue weighted by molar-refractivity contribution is 8.76. The summed E-state index contributed by atoms with van der Waals surface area (Å²) in [5.41, 5.74) is 13.4. The quantitative estimate of drug-likeness (QED) is 0.00435. The second-order valence-corrected chi connectivity index (χ2v) is 27.7. The number of primary amides is 2. The first kappa shape index (κ1) is 94.0. The number of nitrogens with two attached hydrogens (primary N) is 2. The maximum absolute atomic E-state index is 13.8. The van der Waals surface area contributed by atoms with E-state index in [0.29, 0.717) is 67.5 Å². The van der Waals surface area contributed by atoms with Crippen LogP contribution in [-0.4, -0.2) is 183 Å². The Morgan fingerprint density at radius 3 is 1.26 bits per heavy atom. The average Bonchev–Trinajstić information content (AvgIpc) is 0.869. The number of urea groups is 2. The summed E-state index contributed by atoms with van der Waals surface area (Å²) in [4.78, 5) is 164. The highest BCUT2D eigenvalue weighted by atomic mass is 33.1. The molecule has 0 aliphatic carbocycles. The van der Waals surface area contributed by atoms with Gasteiger partial charge in [-0.2, -0.15) is 0 Å². The maximum atomic E-state index is 13.8. The first-order valence-corrected chi connectivity index (χ1v) is 39.3. The normalized spacial score (nSPS) is 11.6. The van der Waals surface area contributed by atoms with Crippen molar-refractivity contribution in [1.29, 1.82) is 0 Å².